The van der Waals surface area contributed by atoms with E-state index >= 15 is 0 Å². The average molecular weight is 225 g/mol. The van der Waals surface area contributed by atoms with Gasteiger partial charge in [-0.3, -0.25) is 0 Å². The van der Waals surface area contributed by atoms with E-state index in [1.165, 1.54) is 0 Å². The van der Waals surface area contributed by atoms with Crippen molar-refractivity contribution in [2.45, 2.75) is 26.1 Å². The molecule has 0 saturated heterocycles. The summed E-state index contributed by atoms with van der Waals surface area (Å²) in [7, 11) is -0.159. The van der Waals surface area contributed by atoms with Crippen LogP contribution in [0.2, 0.25) is 5.31 Å². The molecule has 0 atom stereocenters. The fourth-order valence-corrected chi connectivity index (χ4v) is 1.39. The van der Waals surface area contributed by atoms with Crippen LogP contribution in [-0.2, 0) is 0 Å². The molecule has 0 aliphatic carbocycles. The summed E-state index contributed by atoms with van der Waals surface area (Å²) in [5, 5.41) is 17.9. The van der Waals surface area contributed by atoms with Crippen molar-refractivity contribution < 1.29 is 18.8 Å². The lowest BCUT2D eigenvalue weighted by atomic mass is 9.48. The SMILES string of the molecule is CC(C)(C)[B]c1cc(F)c(F)cc1B(O)O. The van der Waals surface area contributed by atoms with E-state index in [-0.39, 0.29) is 10.8 Å². The number of benzene rings is 1. The van der Waals surface area contributed by atoms with Gasteiger partial charge in [-0.1, -0.05) is 31.5 Å². The Hall–Kier alpha value is -0.870. The monoisotopic (exact) mass is 225 g/mol. The molecular weight excluding hydrogens is 212 g/mol. The molecule has 1 aromatic rings. The van der Waals surface area contributed by atoms with Gasteiger partial charge in [-0.15, -0.1) is 0 Å². The first kappa shape index (κ1) is 13.2. The summed E-state index contributed by atoms with van der Waals surface area (Å²) in [6.07, 6.45) is 0. The number of hydrogen-bond donors (Lipinski definition) is 2. The molecule has 0 fully saturated rings. The first-order valence-corrected chi connectivity index (χ1v) is 4.92. The maximum atomic E-state index is 13.0. The highest BCUT2D eigenvalue weighted by Gasteiger charge is 2.23. The Kier molecular flexibility index (Phi) is 3.76. The lowest BCUT2D eigenvalue weighted by Crippen LogP contribution is -2.46. The molecule has 1 rings (SSSR count). The van der Waals surface area contributed by atoms with Gasteiger partial charge in [-0.25, -0.2) is 8.78 Å². The number of halogens is 2. The van der Waals surface area contributed by atoms with Gasteiger partial charge in [0, 0.05) is 0 Å². The van der Waals surface area contributed by atoms with Gasteiger partial charge in [0.15, 0.2) is 18.9 Å². The van der Waals surface area contributed by atoms with Crippen molar-refractivity contribution in [1.29, 1.82) is 0 Å². The van der Waals surface area contributed by atoms with Crippen LogP contribution in [0, 0.1) is 11.6 Å². The van der Waals surface area contributed by atoms with Crippen molar-refractivity contribution in [2.75, 3.05) is 0 Å². The van der Waals surface area contributed by atoms with Gasteiger partial charge in [0.1, 0.15) is 0 Å². The van der Waals surface area contributed by atoms with Crippen molar-refractivity contribution in [3.05, 3.63) is 23.8 Å². The highest BCUT2D eigenvalue weighted by molar-refractivity contribution is 6.70. The Balaban J connectivity index is 3.20. The maximum Gasteiger partial charge on any atom is 0.487 e. The third kappa shape index (κ3) is 3.32. The highest BCUT2D eigenvalue weighted by Crippen LogP contribution is 2.19. The van der Waals surface area contributed by atoms with Crippen molar-refractivity contribution in [3.8, 4) is 0 Å². The predicted octanol–water partition coefficient (Wildman–Crippen LogP) is 0.193. The van der Waals surface area contributed by atoms with Gasteiger partial charge in [0.2, 0.25) is 0 Å². The molecule has 1 aromatic carbocycles. The lowest BCUT2D eigenvalue weighted by Gasteiger charge is -2.19. The minimum atomic E-state index is -1.82. The zero-order valence-electron chi connectivity index (χ0n) is 9.46. The number of hydrogen-bond acceptors (Lipinski definition) is 2. The van der Waals surface area contributed by atoms with E-state index in [9.17, 15) is 8.78 Å². The summed E-state index contributed by atoms with van der Waals surface area (Å²) in [6.45, 7) is 5.63. The lowest BCUT2D eigenvalue weighted by molar-refractivity contribution is 0.425. The summed E-state index contributed by atoms with van der Waals surface area (Å²) >= 11 is 0. The van der Waals surface area contributed by atoms with Gasteiger partial charge in [0.05, 0.1) is 0 Å². The molecule has 16 heavy (non-hydrogen) atoms. The van der Waals surface area contributed by atoms with Gasteiger partial charge in [-0.05, 0) is 17.6 Å². The van der Waals surface area contributed by atoms with Crippen LogP contribution < -0.4 is 10.9 Å². The van der Waals surface area contributed by atoms with Crippen molar-refractivity contribution >= 4 is 25.3 Å². The Morgan fingerprint density at radius 3 is 2.06 bits per heavy atom. The van der Waals surface area contributed by atoms with Gasteiger partial charge >= 0.3 is 7.12 Å². The molecule has 6 heteroatoms. The Morgan fingerprint density at radius 1 is 1.12 bits per heavy atom. The molecule has 0 spiro atoms. The maximum absolute atomic E-state index is 13.0. The van der Waals surface area contributed by atoms with Crippen molar-refractivity contribution in [3.63, 3.8) is 0 Å². The molecule has 85 valence electrons. The molecular formula is C10H13B2F2O2. The summed E-state index contributed by atoms with van der Waals surface area (Å²) < 4.78 is 26.0. The smallest absolute Gasteiger partial charge is 0.423 e. The van der Waals surface area contributed by atoms with Crippen LogP contribution in [-0.4, -0.2) is 24.4 Å². The van der Waals surface area contributed by atoms with Crippen molar-refractivity contribution in [1.82, 2.24) is 0 Å². The third-order valence-electron chi connectivity index (χ3n) is 1.99. The molecule has 0 aliphatic rings. The summed E-state index contributed by atoms with van der Waals surface area (Å²) in [4.78, 5) is 0. The molecule has 0 unspecified atom stereocenters. The largest absolute Gasteiger partial charge is 0.487 e. The van der Waals surface area contributed by atoms with E-state index in [0.29, 0.717) is 5.46 Å². The normalized spacial score (nSPS) is 11.4. The molecule has 2 nitrogen and oxygen atoms in total. The predicted molar refractivity (Wildman–Crippen MR) is 61.3 cm³/mol. The van der Waals surface area contributed by atoms with E-state index in [1.54, 1.807) is 7.28 Å². The molecule has 0 aromatic heterocycles. The molecule has 0 bridgehead atoms. The standard InChI is InChI=1S/C10H13B2F2O2/c1-10(2,3)11-6-4-8(13)9(14)5-7(6)12(15)16/h4-5,15-16H,1-3H3. The van der Waals surface area contributed by atoms with E-state index in [4.69, 9.17) is 10.0 Å². The number of rotatable bonds is 2. The average Bonchev–Trinajstić information content (AvgIpc) is 2.07. The molecule has 2 N–H and O–H groups in total. The summed E-state index contributed by atoms with van der Waals surface area (Å²) in [5.74, 6) is -2.09. The van der Waals surface area contributed by atoms with E-state index in [1.807, 2.05) is 20.8 Å². The molecule has 0 amide bonds. The minimum Gasteiger partial charge on any atom is -0.423 e. The summed E-state index contributed by atoms with van der Waals surface area (Å²) in [5.41, 5.74) is 0.259. The fourth-order valence-electron chi connectivity index (χ4n) is 1.39. The summed E-state index contributed by atoms with van der Waals surface area (Å²) in [6, 6.07) is 1.77. The van der Waals surface area contributed by atoms with Gasteiger partial charge < -0.3 is 10.0 Å². The van der Waals surface area contributed by atoms with E-state index in [2.05, 4.69) is 0 Å². The molecule has 1 radical (unpaired) electrons. The zero-order chi connectivity index (χ0) is 12.5. The second-order valence-corrected chi connectivity index (χ2v) is 4.78. The second-order valence-electron chi connectivity index (χ2n) is 4.78. The minimum absolute atomic E-state index is 0.0335. The van der Waals surface area contributed by atoms with Crippen LogP contribution in [0.1, 0.15) is 20.8 Å². The second kappa shape index (κ2) is 4.55. The zero-order valence-corrected chi connectivity index (χ0v) is 9.46. The van der Waals surface area contributed by atoms with Gasteiger partial charge in [0.25, 0.3) is 0 Å². The Bertz CT molecular complexity index is 389. The first-order chi connectivity index (χ1) is 7.20. The molecule has 0 heterocycles. The van der Waals surface area contributed by atoms with Crippen LogP contribution in [0.15, 0.2) is 12.1 Å². The van der Waals surface area contributed by atoms with E-state index in [0.717, 1.165) is 12.1 Å². The van der Waals surface area contributed by atoms with Crippen molar-refractivity contribution in [2.24, 2.45) is 0 Å². The van der Waals surface area contributed by atoms with Crippen LogP contribution in [0.25, 0.3) is 0 Å². The quantitative estimate of drug-likeness (QED) is 0.705. The fraction of sp³-hybridized carbons (Fsp3) is 0.400. The van der Waals surface area contributed by atoms with Gasteiger partial charge in [-0.2, -0.15) is 0 Å². The van der Waals surface area contributed by atoms with Crippen LogP contribution in [0.5, 0.6) is 0 Å². The topological polar surface area (TPSA) is 40.5 Å². The Labute approximate surface area is 94.7 Å². The molecule has 0 aliphatic heterocycles. The van der Waals surface area contributed by atoms with Crippen LogP contribution in [0.4, 0.5) is 8.78 Å². The third-order valence-corrected chi connectivity index (χ3v) is 1.99. The van der Waals surface area contributed by atoms with E-state index < -0.39 is 18.8 Å². The van der Waals surface area contributed by atoms with Crippen LogP contribution in [0.3, 0.4) is 0 Å². The first-order valence-electron chi connectivity index (χ1n) is 4.92. The Morgan fingerprint density at radius 2 is 1.62 bits per heavy atom. The van der Waals surface area contributed by atoms with Crippen LogP contribution >= 0.6 is 0 Å². The molecule has 0 saturated carbocycles. The highest BCUT2D eigenvalue weighted by atomic mass is 19.2.